The minimum atomic E-state index is -4.70. The first-order valence-electron chi connectivity index (χ1n) is 9.95. The van der Waals surface area contributed by atoms with E-state index in [0.29, 0.717) is 12.1 Å². The molecule has 0 aliphatic heterocycles. The molecule has 0 heterocycles. The van der Waals surface area contributed by atoms with Gasteiger partial charge in [0.15, 0.2) is 0 Å². The molecular weight excluding hydrogens is 543 g/mol. The first-order chi connectivity index (χ1) is 16.5. The molecule has 7 nitrogen and oxygen atoms in total. The topological polar surface area (TPSA) is 107 Å². The molecule has 0 amide bonds. The Morgan fingerprint density at radius 3 is 1.72 bits per heavy atom. The number of esters is 1. The minimum absolute atomic E-state index is 0.143. The molecule has 13 heteroatoms. The summed E-state index contributed by atoms with van der Waals surface area (Å²) in [7, 11) is -1.61. The first kappa shape index (κ1) is 29.1. The molecule has 3 aromatic carbocycles. The zero-order valence-electron chi connectivity index (χ0n) is 19.1. The lowest BCUT2D eigenvalue weighted by molar-refractivity contribution is -0.137. The van der Waals surface area contributed by atoms with Crippen molar-refractivity contribution < 1.29 is 39.5 Å². The Kier molecular flexibility index (Phi) is 9.16. The number of hydrogen-bond donors (Lipinski definition) is 1. The van der Waals surface area contributed by atoms with Crippen LogP contribution in [0.1, 0.15) is 27.0 Å². The van der Waals surface area contributed by atoms with Crippen molar-refractivity contribution in [3.8, 4) is 0 Å². The molecule has 0 atom stereocenters. The van der Waals surface area contributed by atoms with Crippen LogP contribution in [0.15, 0.2) is 76.5 Å². The van der Waals surface area contributed by atoms with E-state index < -0.39 is 42.5 Å². The average Bonchev–Trinajstić information content (AvgIpc) is 2.78. The van der Waals surface area contributed by atoms with Gasteiger partial charge in [0.05, 0.1) is 33.7 Å². The van der Waals surface area contributed by atoms with Gasteiger partial charge in [-0.3, -0.25) is 4.72 Å². The number of carbonyl (C=O) groups is 1. The molecule has 0 saturated carbocycles. The zero-order chi connectivity index (χ0) is 27.3. The Labute approximate surface area is 211 Å². The fourth-order valence-corrected chi connectivity index (χ4v) is 4.56. The highest BCUT2D eigenvalue weighted by Gasteiger charge is 2.32. The lowest BCUT2D eigenvalue weighted by Gasteiger charge is -2.14. The van der Waals surface area contributed by atoms with Crippen molar-refractivity contribution in [2.45, 2.75) is 29.8 Å². The standard InChI is InChI=1S/C16H14F3NO4S.C7H7ClO2S/c1-10-3-6-12(7-4-10)25(22,23)20-14-9-11(16(17,18)19)5-8-13(14)15(21)24-2;1-6-2-4-7(5-3-6)11(8,9)10/h3-9,20H,1-2H3;2-5H,1H3. The van der Waals surface area contributed by atoms with Crippen molar-refractivity contribution >= 4 is 41.4 Å². The summed E-state index contributed by atoms with van der Waals surface area (Å²) in [5.41, 5.74) is -0.113. The maximum Gasteiger partial charge on any atom is 0.416 e. The fraction of sp³-hybridized carbons (Fsp3) is 0.174. The number of sulfonamides is 1. The van der Waals surface area contributed by atoms with Crippen LogP contribution in [0.25, 0.3) is 0 Å². The maximum absolute atomic E-state index is 12.9. The van der Waals surface area contributed by atoms with Crippen LogP contribution in [0, 0.1) is 13.8 Å². The number of nitrogens with one attached hydrogen (secondary N) is 1. The molecule has 1 N–H and O–H groups in total. The van der Waals surface area contributed by atoms with Crippen molar-refractivity contribution in [1.29, 1.82) is 0 Å². The normalized spacial score (nSPS) is 11.8. The Morgan fingerprint density at radius 1 is 0.833 bits per heavy atom. The van der Waals surface area contributed by atoms with Crippen LogP contribution in [-0.2, 0) is 30.0 Å². The Morgan fingerprint density at radius 2 is 1.31 bits per heavy atom. The predicted octanol–water partition coefficient (Wildman–Crippen LogP) is 5.52. The van der Waals surface area contributed by atoms with Crippen LogP contribution >= 0.6 is 10.7 Å². The zero-order valence-corrected chi connectivity index (χ0v) is 21.5. The third-order valence-electron chi connectivity index (χ3n) is 4.63. The summed E-state index contributed by atoms with van der Waals surface area (Å²) in [6.07, 6.45) is -4.70. The van der Waals surface area contributed by atoms with Crippen LogP contribution in [0.5, 0.6) is 0 Å². The second-order valence-corrected chi connectivity index (χ2v) is 11.7. The van der Waals surface area contributed by atoms with Crippen molar-refractivity contribution in [1.82, 2.24) is 0 Å². The van der Waals surface area contributed by atoms with Gasteiger partial charge in [-0.1, -0.05) is 35.4 Å². The van der Waals surface area contributed by atoms with Gasteiger partial charge in [-0.25, -0.2) is 21.6 Å². The SMILES string of the molecule is COC(=O)c1ccc(C(F)(F)F)cc1NS(=O)(=O)c1ccc(C)cc1.Cc1ccc(S(=O)(=O)Cl)cc1. The number of carbonyl (C=O) groups excluding carboxylic acids is 1. The van der Waals surface area contributed by atoms with Gasteiger partial charge in [0, 0.05) is 10.7 Å². The van der Waals surface area contributed by atoms with Crippen LogP contribution < -0.4 is 4.72 Å². The molecule has 194 valence electrons. The summed E-state index contributed by atoms with van der Waals surface area (Å²) in [5.74, 6) is -0.963. The van der Waals surface area contributed by atoms with E-state index in [2.05, 4.69) is 4.74 Å². The number of alkyl halides is 3. The highest BCUT2D eigenvalue weighted by atomic mass is 35.7. The molecule has 0 radical (unpaired) electrons. The van der Waals surface area contributed by atoms with Gasteiger partial charge in [0.25, 0.3) is 19.1 Å². The molecule has 0 saturated heterocycles. The summed E-state index contributed by atoms with van der Waals surface area (Å²) < 4.78 is 91.4. The second-order valence-electron chi connectivity index (χ2n) is 7.42. The minimum Gasteiger partial charge on any atom is -0.465 e. The molecule has 0 spiro atoms. The number of halogens is 4. The Balaban J connectivity index is 0.000000346. The molecule has 0 aliphatic carbocycles. The van der Waals surface area contributed by atoms with Crippen LogP contribution in [0.3, 0.4) is 0 Å². The number of anilines is 1. The van der Waals surface area contributed by atoms with E-state index in [4.69, 9.17) is 10.7 Å². The van der Waals surface area contributed by atoms with Crippen LogP contribution in [0.2, 0.25) is 0 Å². The number of aryl methyl sites for hydroxylation is 2. The predicted molar refractivity (Wildman–Crippen MR) is 129 cm³/mol. The molecule has 36 heavy (non-hydrogen) atoms. The van der Waals surface area contributed by atoms with E-state index in [9.17, 15) is 34.8 Å². The van der Waals surface area contributed by atoms with E-state index in [1.807, 2.05) is 11.6 Å². The highest BCUT2D eigenvalue weighted by molar-refractivity contribution is 8.13. The van der Waals surface area contributed by atoms with Gasteiger partial charge in [-0.15, -0.1) is 0 Å². The first-order valence-corrected chi connectivity index (χ1v) is 13.7. The molecule has 0 aliphatic rings. The monoisotopic (exact) mass is 563 g/mol. The van der Waals surface area contributed by atoms with Crippen molar-refractivity contribution in [3.63, 3.8) is 0 Å². The number of methoxy groups -OCH3 is 1. The lowest BCUT2D eigenvalue weighted by atomic mass is 10.1. The maximum atomic E-state index is 12.9. The van der Waals surface area contributed by atoms with Crippen LogP contribution in [-0.4, -0.2) is 29.9 Å². The van der Waals surface area contributed by atoms with Gasteiger partial charge in [-0.2, -0.15) is 13.2 Å². The number of benzene rings is 3. The van der Waals surface area contributed by atoms with Crippen LogP contribution in [0.4, 0.5) is 18.9 Å². The van der Waals surface area contributed by atoms with Gasteiger partial charge < -0.3 is 4.74 Å². The van der Waals surface area contributed by atoms with E-state index in [1.54, 1.807) is 31.2 Å². The molecule has 0 aromatic heterocycles. The van der Waals surface area contributed by atoms with E-state index >= 15 is 0 Å². The molecule has 3 rings (SSSR count). The average molecular weight is 564 g/mol. The van der Waals surface area contributed by atoms with E-state index in [0.717, 1.165) is 24.3 Å². The summed E-state index contributed by atoms with van der Waals surface area (Å²) in [6.45, 7) is 3.64. The summed E-state index contributed by atoms with van der Waals surface area (Å²) in [6, 6.07) is 14.2. The lowest BCUT2D eigenvalue weighted by Crippen LogP contribution is -2.17. The third kappa shape index (κ3) is 7.97. The summed E-state index contributed by atoms with van der Waals surface area (Å²) >= 11 is 0. The van der Waals surface area contributed by atoms with Gasteiger partial charge >= 0.3 is 12.1 Å². The smallest absolute Gasteiger partial charge is 0.416 e. The van der Waals surface area contributed by atoms with Gasteiger partial charge in [0.1, 0.15) is 0 Å². The molecule has 3 aromatic rings. The van der Waals surface area contributed by atoms with Crippen molar-refractivity contribution in [2.75, 3.05) is 11.8 Å². The van der Waals surface area contributed by atoms with Crippen molar-refractivity contribution in [2.24, 2.45) is 0 Å². The summed E-state index contributed by atoms with van der Waals surface area (Å²) in [5, 5.41) is 0. The van der Waals surface area contributed by atoms with Crippen molar-refractivity contribution in [3.05, 3.63) is 89.0 Å². The molecule has 0 unspecified atom stereocenters. The summed E-state index contributed by atoms with van der Waals surface area (Å²) in [4.78, 5) is 11.7. The Bertz CT molecular complexity index is 1440. The third-order valence-corrected chi connectivity index (χ3v) is 7.38. The number of rotatable bonds is 5. The largest absolute Gasteiger partial charge is 0.465 e. The molecular formula is C23H21ClF3NO6S2. The second kappa shape index (κ2) is 11.3. The van der Waals surface area contributed by atoms with Gasteiger partial charge in [-0.05, 0) is 56.3 Å². The van der Waals surface area contributed by atoms with E-state index in [-0.39, 0.29) is 15.4 Å². The highest BCUT2D eigenvalue weighted by Crippen LogP contribution is 2.33. The van der Waals surface area contributed by atoms with Gasteiger partial charge in [0.2, 0.25) is 0 Å². The number of ether oxygens (including phenoxy) is 1. The number of hydrogen-bond acceptors (Lipinski definition) is 6. The Hall–Kier alpha value is -3.09. The molecule has 0 fully saturated rings. The van der Waals surface area contributed by atoms with E-state index in [1.165, 1.54) is 24.3 Å². The quantitative estimate of drug-likeness (QED) is 0.323. The fourth-order valence-electron chi connectivity index (χ4n) is 2.71. The molecule has 0 bridgehead atoms.